The van der Waals surface area contributed by atoms with Crippen molar-refractivity contribution < 1.29 is 5.11 Å². The van der Waals surface area contributed by atoms with Gasteiger partial charge in [0.25, 0.3) is 0 Å². The molecule has 0 radical (unpaired) electrons. The fraction of sp³-hybridized carbons (Fsp3) is 0.375. The molecule has 0 spiro atoms. The second-order valence-corrected chi connectivity index (χ2v) is 6.76. The molecule has 1 saturated heterocycles. The van der Waals surface area contributed by atoms with Crippen molar-refractivity contribution in [2.75, 3.05) is 18.0 Å². The maximum absolute atomic E-state index is 10.4. The number of hydrogen-bond acceptors (Lipinski definition) is 7. The van der Waals surface area contributed by atoms with Crippen LogP contribution in [0.15, 0.2) is 30.0 Å². The van der Waals surface area contributed by atoms with E-state index in [1.54, 1.807) is 29.9 Å². The third-order valence-electron chi connectivity index (χ3n) is 4.21. The van der Waals surface area contributed by atoms with E-state index in [2.05, 4.69) is 30.9 Å². The third-order valence-corrected chi connectivity index (χ3v) is 5.02. The molecule has 7 heteroatoms. The lowest BCUT2D eigenvalue weighted by Gasteiger charge is -2.18. The molecule has 2 atom stereocenters. The maximum atomic E-state index is 10.4. The minimum Gasteiger partial charge on any atom is -0.391 e. The highest BCUT2D eigenvalue weighted by Crippen LogP contribution is 2.32. The fourth-order valence-corrected chi connectivity index (χ4v) is 3.92. The second-order valence-electron chi connectivity index (χ2n) is 5.87. The standard InChI is InChI=1S/C16H17N5OS/c1-10-19-15(13-2-5-23-16(13)20-10)21-8-11(14(22)9-21)6-12-7-17-3-4-18-12/h2-5,7,11,14,22H,6,8-9H2,1H3/t11-,14-/m1/s1. The topological polar surface area (TPSA) is 75.0 Å². The van der Waals surface area contributed by atoms with Crippen LogP contribution in [-0.4, -0.2) is 44.2 Å². The number of thiophene rings is 1. The van der Waals surface area contributed by atoms with Crippen molar-refractivity contribution >= 4 is 27.4 Å². The van der Waals surface area contributed by atoms with Gasteiger partial charge in [0, 0.05) is 37.6 Å². The maximum Gasteiger partial charge on any atom is 0.141 e. The summed E-state index contributed by atoms with van der Waals surface area (Å²) in [4.78, 5) is 20.7. The Balaban J connectivity index is 1.60. The van der Waals surface area contributed by atoms with E-state index < -0.39 is 0 Å². The Hall–Kier alpha value is -2.12. The van der Waals surface area contributed by atoms with Gasteiger partial charge in [-0.1, -0.05) is 0 Å². The highest BCUT2D eigenvalue weighted by Gasteiger charge is 2.33. The van der Waals surface area contributed by atoms with Crippen LogP contribution >= 0.6 is 11.3 Å². The summed E-state index contributed by atoms with van der Waals surface area (Å²) in [5.74, 6) is 1.83. The summed E-state index contributed by atoms with van der Waals surface area (Å²) >= 11 is 1.62. The van der Waals surface area contributed by atoms with Crippen LogP contribution in [0.3, 0.4) is 0 Å². The first-order valence-electron chi connectivity index (χ1n) is 7.60. The van der Waals surface area contributed by atoms with Crippen molar-refractivity contribution in [1.82, 2.24) is 19.9 Å². The van der Waals surface area contributed by atoms with Gasteiger partial charge in [-0.05, 0) is 24.8 Å². The average Bonchev–Trinajstić information content (AvgIpc) is 3.15. The number of fused-ring (bicyclic) bond motifs is 1. The predicted octanol–water partition coefficient (Wildman–Crippen LogP) is 1.83. The molecule has 0 amide bonds. The van der Waals surface area contributed by atoms with E-state index in [9.17, 15) is 5.11 Å². The van der Waals surface area contributed by atoms with Crippen LogP contribution in [0.5, 0.6) is 0 Å². The molecule has 4 rings (SSSR count). The number of hydrogen-bond donors (Lipinski definition) is 1. The summed E-state index contributed by atoms with van der Waals surface area (Å²) < 4.78 is 0. The first kappa shape index (κ1) is 14.5. The molecule has 6 nitrogen and oxygen atoms in total. The number of rotatable bonds is 3. The molecule has 1 fully saturated rings. The monoisotopic (exact) mass is 327 g/mol. The van der Waals surface area contributed by atoms with E-state index >= 15 is 0 Å². The first-order chi connectivity index (χ1) is 11.2. The Morgan fingerprint density at radius 1 is 1.30 bits per heavy atom. The van der Waals surface area contributed by atoms with Gasteiger partial charge in [0.05, 0.1) is 17.2 Å². The van der Waals surface area contributed by atoms with E-state index in [1.807, 2.05) is 12.3 Å². The zero-order chi connectivity index (χ0) is 15.8. The number of aliphatic hydroxyl groups excluding tert-OH is 1. The van der Waals surface area contributed by atoms with Gasteiger partial charge in [0.2, 0.25) is 0 Å². The van der Waals surface area contributed by atoms with E-state index in [0.29, 0.717) is 6.54 Å². The Labute approximate surface area is 137 Å². The van der Waals surface area contributed by atoms with Crippen molar-refractivity contribution in [3.05, 3.63) is 41.6 Å². The summed E-state index contributed by atoms with van der Waals surface area (Å²) in [7, 11) is 0. The van der Waals surface area contributed by atoms with Crippen molar-refractivity contribution in [3.63, 3.8) is 0 Å². The van der Waals surface area contributed by atoms with Crippen molar-refractivity contribution in [1.29, 1.82) is 0 Å². The van der Waals surface area contributed by atoms with Crippen LogP contribution in [-0.2, 0) is 6.42 Å². The molecular formula is C16H17N5OS. The molecule has 118 valence electrons. The summed E-state index contributed by atoms with van der Waals surface area (Å²) in [5, 5.41) is 13.5. The highest BCUT2D eigenvalue weighted by atomic mass is 32.1. The normalized spacial score (nSPS) is 21.2. The van der Waals surface area contributed by atoms with Gasteiger partial charge in [-0.2, -0.15) is 0 Å². The van der Waals surface area contributed by atoms with Crippen molar-refractivity contribution in [3.8, 4) is 0 Å². The second kappa shape index (κ2) is 5.82. The smallest absolute Gasteiger partial charge is 0.141 e. The number of aryl methyl sites for hydroxylation is 1. The number of aromatic nitrogens is 4. The molecule has 1 aliphatic heterocycles. The molecule has 1 N–H and O–H groups in total. The minimum absolute atomic E-state index is 0.135. The molecule has 0 saturated carbocycles. The lowest BCUT2D eigenvalue weighted by molar-refractivity contribution is 0.147. The van der Waals surface area contributed by atoms with Crippen LogP contribution in [0.4, 0.5) is 5.82 Å². The molecular weight excluding hydrogens is 310 g/mol. The van der Waals surface area contributed by atoms with Gasteiger partial charge < -0.3 is 10.0 Å². The summed E-state index contributed by atoms with van der Waals surface area (Å²) in [6.45, 7) is 3.26. The largest absolute Gasteiger partial charge is 0.391 e. The lowest BCUT2D eigenvalue weighted by Crippen LogP contribution is -2.22. The molecule has 0 unspecified atom stereocenters. The van der Waals surface area contributed by atoms with E-state index in [1.165, 1.54) is 0 Å². The molecule has 23 heavy (non-hydrogen) atoms. The van der Waals surface area contributed by atoms with Crippen molar-refractivity contribution in [2.24, 2.45) is 5.92 Å². The number of β-amino-alcohol motifs (C(OH)–C–C–N with tert-alkyl or cyclic N) is 1. The van der Waals surface area contributed by atoms with Crippen LogP contribution < -0.4 is 4.90 Å². The Morgan fingerprint density at radius 2 is 2.22 bits per heavy atom. The molecule has 1 aliphatic rings. The van der Waals surface area contributed by atoms with Gasteiger partial charge in [0.1, 0.15) is 16.5 Å². The molecule has 4 heterocycles. The van der Waals surface area contributed by atoms with Crippen LogP contribution in [0, 0.1) is 12.8 Å². The van der Waals surface area contributed by atoms with E-state index in [4.69, 9.17) is 0 Å². The molecule has 3 aromatic heterocycles. The quantitative estimate of drug-likeness (QED) is 0.791. The van der Waals surface area contributed by atoms with Crippen LogP contribution in [0.25, 0.3) is 10.2 Å². The SMILES string of the molecule is Cc1nc(N2C[C@@H](Cc3cnccn3)[C@H](O)C2)c2ccsc2n1. The number of aliphatic hydroxyl groups is 1. The Bertz CT molecular complexity index is 822. The lowest BCUT2D eigenvalue weighted by atomic mass is 10.0. The van der Waals surface area contributed by atoms with Gasteiger partial charge in [-0.15, -0.1) is 11.3 Å². The Morgan fingerprint density at radius 3 is 3.04 bits per heavy atom. The predicted molar refractivity (Wildman–Crippen MR) is 89.6 cm³/mol. The van der Waals surface area contributed by atoms with Gasteiger partial charge in [-0.3, -0.25) is 9.97 Å². The van der Waals surface area contributed by atoms with Crippen LogP contribution in [0.2, 0.25) is 0 Å². The minimum atomic E-state index is -0.388. The van der Waals surface area contributed by atoms with Crippen molar-refractivity contribution in [2.45, 2.75) is 19.4 Å². The van der Waals surface area contributed by atoms with E-state index in [-0.39, 0.29) is 12.0 Å². The molecule has 0 bridgehead atoms. The zero-order valence-corrected chi connectivity index (χ0v) is 13.6. The van der Waals surface area contributed by atoms with Gasteiger partial charge in [-0.25, -0.2) is 9.97 Å². The van der Waals surface area contributed by atoms with Gasteiger partial charge >= 0.3 is 0 Å². The number of anilines is 1. The Kier molecular flexibility index (Phi) is 3.66. The summed E-state index contributed by atoms with van der Waals surface area (Å²) in [6, 6.07) is 2.05. The van der Waals surface area contributed by atoms with E-state index in [0.717, 1.165) is 40.5 Å². The summed E-state index contributed by atoms with van der Waals surface area (Å²) in [6.07, 6.45) is 5.46. The third kappa shape index (κ3) is 2.77. The molecule has 0 aromatic carbocycles. The fourth-order valence-electron chi connectivity index (χ4n) is 3.12. The highest BCUT2D eigenvalue weighted by molar-refractivity contribution is 7.16. The van der Waals surface area contributed by atoms with Gasteiger partial charge in [0.15, 0.2) is 0 Å². The average molecular weight is 327 g/mol. The molecule has 0 aliphatic carbocycles. The number of nitrogens with zero attached hydrogens (tertiary/aromatic N) is 5. The zero-order valence-electron chi connectivity index (χ0n) is 12.8. The molecule has 3 aromatic rings. The summed E-state index contributed by atoms with van der Waals surface area (Å²) in [5.41, 5.74) is 0.915. The van der Waals surface area contributed by atoms with Crippen LogP contribution in [0.1, 0.15) is 11.5 Å². The first-order valence-corrected chi connectivity index (χ1v) is 8.48.